The van der Waals surface area contributed by atoms with Crippen LogP contribution in [-0.2, 0) is 11.3 Å². The number of amides is 2. The molecule has 154 valence electrons. The number of nitrogens with zero attached hydrogens (tertiary/aromatic N) is 2. The van der Waals surface area contributed by atoms with Crippen molar-refractivity contribution in [3.63, 3.8) is 0 Å². The number of carbonyl (C=O) groups excluding carboxylic acids is 2. The van der Waals surface area contributed by atoms with Crippen LogP contribution >= 0.6 is 0 Å². The number of carbonyl (C=O) groups is 2. The molecule has 1 saturated heterocycles. The van der Waals surface area contributed by atoms with Gasteiger partial charge in [0, 0.05) is 43.5 Å². The van der Waals surface area contributed by atoms with Gasteiger partial charge in [-0.15, -0.1) is 0 Å². The Kier molecular flexibility index (Phi) is 5.79. The molecule has 0 radical (unpaired) electrons. The summed E-state index contributed by atoms with van der Waals surface area (Å²) in [5.74, 6) is 1.35. The summed E-state index contributed by atoms with van der Waals surface area (Å²) in [6.07, 6.45) is 4.63. The van der Waals surface area contributed by atoms with Crippen LogP contribution in [0.5, 0.6) is 5.75 Å². The number of furan rings is 1. The summed E-state index contributed by atoms with van der Waals surface area (Å²) in [5, 5.41) is 2.93. The fraction of sp³-hybridized carbons (Fsp3) is 0.261. The predicted octanol–water partition coefficient (Wildman–Crippen LogP) is 3.27. The molecule has 1 aliphatic heterocycles. The SMILES string of the molecule is COc1cccc(-c2ccc(C(=O)N(Cc3cccnc3)C[C@@H]3CCC(=O)N3)o2)c1. The second kappa shape index (κ2) is 8.82. The highest BCUT2D eigenvalue weighted by molar-refractivity contribution is 5.92. The molecule has 0 aliphatic carbocycles. The Labute approximate surface area is 174 Å². The minimum absolute atomic E-state index is 0.0205. The van der Waals surface area contributed by atoms with Gasteiger partial charge in [-0.2, -0.15) is 0 Å². The number of nitrogens with one attached hydrogen (secondary N) is 1. The zero-order valence-corrected chi connectivity index (χ0v) is 16.7. The molecule has 1 atom stereocenters. The van der Waals surface area contributed by atoms with Gasteiger partial charge in [0.25, 0.3) is 5.91 Å². The van der Waals surface area contributed by atoms with Gasteiger partial charge >= 0.3 is 0 Å². The van der Waals surface area contributed by atoms with Crippen LogP contribution in [-0.4, -0.2) is 41.4 Å². The molecule has 2 aromatic heterocycles. The number of ether oxygens (including phenoxy) is 1. The third kappa shape index (κ3) is 4.51. The van der Waals surface area contributed by atoms with Gasteiger partial charge in [0.1, 0.15) is 11.5 Å². The van der Waals surface area contributed by atoms with E-state index >= 15 is 0 Å². The minimum atomic E-state index is -0.228. The van der Waals surface area contributed by atoms with Crippen LogP contribution in [0.3, 0.4) is 0 Å². The summed E-state index contributed by atoms with van der Waals surface area (Å²) >= 11 is 0. The second-order valence-corrected chi connectivity index (χ2v) is 7.25. The minimum Gasteiger partial charge on any atom is -0.497 e. The molecule has 3 aromatic rings. The van der Waals surface area contributed by atoms with Crippen molar-refractivity contribution in [3.8, 4) is 17.1 Å². The lowest BCUT2D eigenvalue weighted by molar-refractivity contribution is -0.119. The van der Waals surface area contributed by atoms with E-state index in [1.165, 1.54) is 0 Å². The Morgan fingerprint density at radius 1 is 1.27 bits per heavy atom. The topological polar surface area (TPSA) is 84.7 Å². The maximum Gasteiger partial charge on any atom is 0.289 e. The zero-order valence-electron chi connectivity index (χ0n) is 16.7. The molecule has 0 spiro atoms. The average molecular weight is 405 g/mol. The average Bonchev–Trinajstić information content (AvgIpc) is 3.43. The maximum absolute atomic E-state index is 13.3. The summed E-state index contributed by atoms with van der Waals surface area (Å²) in [7, 11) is 1.61. The molecular formula is C23H23N3O4. The first-order valence-electron chi connectivity index (χ1n) is 9.84. The Hall–Kier alpha value is -3.61. The lowest BCUT2D eigenvalue weighted by Crippen LogP contribution is -2.41. The molecule has 7 nitrogen and oxygen atoms in total. The Morgan fingerprint density at radius 2 is 2.17 bits per heavy atom. The van der Waals surface area contributed by atoms with Crippen LogP contribution < -0.4 is 10.1 Å². The molecule has 1 aromatic carbocycles. The highest BCUT2D eigenvalue weighted by Crippen LogP contribution is 2.26. The highest BCUT2D eigenvalue weighted by Gasteiger charge is 2.27. The van der Waals surface area contributed by atoms with Crippen molar-refractivity contribution in [1.29, 1.82) is 0 Å². The molecule has 0 saturated carbocycles. The third-order valence-corrected chi connectivity index (χ3v) is 5.08. The first kappa shape index (κ1) is 19.7. The first-order chi connectivity index (χ1) is 14.6. The molecule has 3 heterocycles. The predicted molar refractivity (Wildman–Crippen MR) is 111 cm³/mol. The van der Waals surface area contributed by atoms with Crippen molar-refractivity contribution in [2.24, 2.45) is 0 Å². The van der Waals surface area contributed by atoms with Gasteiger partial charge in [-0.1, -0.05) is 18.2 Å². The standard InChI is InChI=1S/C23H23N3O4/c1-29-19-6-2-5-17(12-19)20-8-9-21(30-20)23(28)26(14-16-4-3-11-24-13-16)15-18-7-10-22(27)25-18/h2-6,8-9,11-13,18H,7,10,14-15H2,1H3,(H,25,27)/t18-/m0/s1. The van der Waals surface area contributed by atoms with Gasteiger partial charge in [-0.05, 0) is 42.3 Å². The van der Waals surface area contributed by atoms with Crippen LogP contribution in [0, 0.1) is 0 Å². The summed E-state index contributed by atoms with van der Waals surface area (Å²) in [4.78, 5) is 30.7. The smallest absolute Gasteiger partial charge is 0.289 e. The van der Waals surface area contributed by atoms with Gasteiger partial charge < -0.3 is 19.4 Å². The van der Waals surface area contributed by atoms with E-state index in [1.807, 2.05) is 36.4 Å². The number of aromatic nitrogens is 1. The summed E-state index contributed by atoms with van der Waals surface area (Å²) in [5.41, 5.74) is 1.74. The van der Waals surface area contributed by atoms with E-state index < -0.39 is 0 Å². The number of methoxy groups -OCH3 is 1. The molecule has 1 fully saturated rings. The third-order valence-electron chi connectivity index (χ3n) is 5.08. The number of hydrogen-bond acceptors (Lipinski definition) is 5. The lowest BCUT2D eigenvalue weighted by atomic mass is 10.1. The van der Waals surface area contributed by atoms with Crippen molar-refractivity contribution < 1.29 is 18.7 Å². The van der Waals surface area contributed by atoms with Crippen molar-refractivity contribution >= 4 is 11.8 Å². The Morgan fingerprint density at radius 3 is 2.90 bits per heavy atom. The zero-order chi connectivity index (χ0) is 20.9. The Balaban J connectivity index is 1.56. The molecule has 4 rings (SSSR count). The molecule has 30 heavy (non-hydrogen) atoms. The van der Waals surface area contributed by atoms with Crippen LogP contribution in [0.25, 0.3) is 11.3 Å². The van der Waals surface area contributed by atoms with Crippen molar-refractivity contribution in [3.05, 3.63) is 72.2 Å². The molecule has 0 unspecified atom stereocenters. The van der Waals surface area contributed by atoms with E-state index in [-0.39, 0.29) is 23.6 Å². The van der Waals surface area contributed by atoms with Crippen molar-refractivity contribution in [2.75, 3.05) is 13.7 Å². The summed E-state index contributed by atoms with van der Waals surface area (Å²) in [6, 6.07) is 14.6. The lowest BCUT2D eigenvalue weighted by Gasteiger charge is -2.25. The van der Waals surface area contributed by atoms with Crippen LogP contribution in [0.1, 0.15) is 29.0 Å². The molecular weight excluding hydrogens is 382 g/mol. The molecule has 1 N–H and O–H groups in total. The van der Waals surface area contributed by atoms with Crippen LogP contribution in [0.2, 0.25) is 0 Å². The number of rotatable bonds is 7. The largest absolute Gasteiger partial charge is 0.497 e. The second-order valence-electron chi connectivity index (χ2n) is 7.25. The van der Waals surface area contributed by atoms with E-state index in [0.29, 0.717) is 37.4 Å². The van der Waals surface area contributed by atoms with E-state index in [9.17, 15) is 9.59 Å². The first-order valence-corrected chi connectivity index (χ1v) is 9.84. The van der Waals surface area contributed by atoms with E-state index in [2.05, 4.69) is 10.3 Å². The van der Waals surface area contributed by atoms with Crippen LogP contribution in [0.15, 0.2) is 65.3 Å². The molecule has 1 aliphatic rings. The highest BCUT2D eigenvalue weighted by atomic mass is 16.5. The maximum atomic E-state index is 13.3. The number of hydrogen-bond donors (Lipinski definition) is 1. The Bertz CT molecular complexity index is 1030. The van der Waals surface area contributed by atoms with E-state index in [0.717, 1.165) is 11.1 Å². The van der Waals surface area contributed by atoms with Crippen molar-refractivity contribution in [1.82, 2.24) is 15.2 Å². The van der Waals surface area contributed by atoms with Gasteiger partial charge in [-0.3, -0.25) is 14.6 Å². The fourth-order valence-corrected chi connectivity index (χ4v) is 3.55. The summed E-state index contributed by atoms with van der Waals surface area (Å²) in [6.45, 7) is 0.795. The summed E-state index contributed by atoms with van der Waals surface area (Å²) < 4.78 is 11.1. The molecule has 2 amide bonds. The normalized spacial score (nSPS) is 15.6. The van der Waals surface area contributed by atoms with Crippen molar-refractivity contribution in [2.45, 2.75) is 25.4 Å². The monoisotopic (exact) mass is 405 g/mol. The van der Waals surface area contributed by atoms with E-state index in [4.69, 9.17) is 9.15 Å². The quantitative estimate of drug-likeness (QED) is 0.652. The van der Waals surface area contributed by atoms with Gasteiger partial charge in [-0.25, -0.2) is 0 Å². The molecule has 0 bridgehead atoms. The van der Waals surface area contributed by atoms with E-state index in [1.54, 1.807) is 36.5 Å². The molecule has 7 heteroatoms. The number of pyridine rings is 1. The number of benzene rings is 1. The van der Waals surface area contributed by atoms with Crippen LogP contribution in [0.4, 0.5) is 0 Å². The fourth-order valence-electron chi connectivity index (χ4n) is 3.55. The van der Waals surface area contributed by atoms with Gasteiger partial charge in [0.05, 0.1) is 7.11 Å². The van der Waals surface area contributed by atoms with Gasteiger partial charge in [0.15, 0.2) is 5.76 Å². The van der Waals surface area contributed by atoms with Gasteiger partial charge in [0.2, 0.25) is 5.91 Å².